The molecule has 2 nitrogen and oxygen atoms in total. The summed E-state index contributed by atoms with van der Waals surface area (Å²) in [6, 6.07) is 14.0. The van der Waals surface area contributed by atoms with E-state index in [1.54, 1.807) is 0 Å². The van der Waals surface area contributed by atoms with Crippen LogP contribution in [0.2, 0.25) is 0 Å². The van der Waals surface area contributed by atoms with Crippen LogP contribution in [-0.2, 0) is 6.61 Å². The number of anilines is 1. The number of hydrogen-bond acceptors (Lipinski definition) is 2. The molecule has 2 heteroatoms. The summed E-state index contributed by atoms with van der Waals surface area (Å²) in [7, 11) is 0. The fourth-order valence-corrected chi connectivity index (χ4v) is 1.71. The summed E-state index contributed by atoms with van der Waals surface area (Å²) >= 11 is 0. The second kappa shape index (κ2) is 4.91. The van der Waals surface area contributed by atoms with E-state index in [1.807, 2.05) is 44.2 Å². The van der Waals surface area contributed by atoms with E-state index in [0.717, 1.165) is 22.6 Å². The first-order valence-corrected chi connectivity index (χ1v) is 5.71. The molecular weight excluding hydrogens is 210 g/mol. The highest BCUT2D eigenvalue weighted by molar-refractivity contribution is 5.55. The van der Waals surface area contributed by atoms with Crippen LogP contribution in [0.25, 0.3) is 0 Å². The van der Waals surface area contributed by atoms with Crippen molar-refractivity contribution in [1.29, 1.82) is 0 Å². The minimum absolute atomic E-state index is 0.588. The summed E-state index contributed by atoms with van der Waals surface area (Å²) in [5, 5.41) is 0. The predicted molar refractivity (Wildman–Crippen MR) is 71.1 cm³/mol. The molecular formula is C15H17NO. The van der Waals surface area contributed by atoms with Gasteiger partial charge < -0.3 is 10.5 Å². The number of rotatable bonds is 3. The zero-order chi connectivity index (χ0) is 12.3. The second-order valence-corrected chi connectivity index (χ2v) is 4.18. The van der Waals surface area contributed by atoms with Gasteiger partial charge in [-0.25, -0.2) is 0 Å². The maximum atomic E-state index is 5.84. The van der Waals surface area contributed by atoms with Gasteiger partial charge in [0.05, 0.1) is 0 Å². The molecule has 0 spiro atoms. The van der Waals surface area contributed by atoms with Gasteiger partial charge in [-0.3, -0.25) is 0 Å². The predicted octanol–water partition coefficient (Wildman–Crippen LogP) is 3.46. The zero-order valence-corrected chi connectivity index (χ0v) is 10.2. The van der Waals surface area contributed by atoms with Crippen LogP contribution in [0.15, 0.2) is 42.5 Å². The van der Waals surface area contributed by atoms with Crippen LogP contribution in [0.4, 0.5) is 5.69 Å². The molecule has 17 heavy (non-hydrogen) atoms. The number of benzene rings is 2. The molecule has 0 aliphatic heterocycles. The Kier molecular flexibility index (Phi) is 3.33. The maximum absolute atomic E-state index is 5.84. The minimum Gasteiger partial charge on any atom is -0.489 e. The van der Waals surface area contributed by atoms with Crippen molar-refractivity contribution in [2.45, 2.75) is 20.5 Å². The molecule has 0 saturated carbocycles. The minimum atomic E-state index is 0.588. The van der Waals surface area contributed by atoms with Crippen LogP contribution in [0, 0.1) is 13.8 Å². The first-order valence-electron chi connectivity index (χ1n) is 5.71. The van der Waals surface area contributed by atoms with Crippen LogP contribution in [0.3, 0.4) is 0 Å². The Balaban J connectivity index is 2.13. The fraction of sp³-hybridized carbons (Fsp3) is 0.200. The van der Waals surface area contributed by atoms with Gasteiger partial charge in [0.15, 0.2) is 0 Å². The molecule has 0 aliphatic rings. The van der Waals surface area contributed by atoms with E-state index in [9.17, 15) is 0 Å². The van der Waals surface area contributed by atoms with E-state index in [1.165, 1.54) is 5.56 Å². The van der Waals surface area contributed by atoms with E-state index in [2.05, 4.69) is 12.1 Å². The van der Waals surface area contributed by atoms with Crippen molar-refractivity contribution in [3.63, 3.8) is 0 Å². The molecule has 0 radical (unpaired) electrons. The summed E-state index contributed by atoms with van der Waals surface area (Å²) in [6.45, 7) is 4.64. The topological polar surface area (TPSA) is 35.2 Å². The van der Waals surface area contributed by atoms with Gasteiger partial charge in [-0.15, -0.1) is 0 Å². The third-order valence-electron chi connectivity index (χ3n) is 3.02. The molecule has 2 N–H and O–H groups in total. The van der Waals surface area contributed by atoms with E-state index < -0.39 is 0 Å². The molecule has 0 saturated heterocycles. The van der Waals surface area contributed by atoms with Crippen molar-refractivity contribution in [3.8, 4) is 5.75 Å². The Morgan fingerprint density at radius 3 is 2.35 bits per heavy atom. The molecule has 2 aromatic rings. The lowest BCUT2D eigenvalue weighted by atomic mass is 10.1. The summed E-state index contributed by atoms with van der Waals surface area (Å²) in [6.07, 6.45) is 0. The second-order valence-electron chi connectivity index (χ2n) is 4.18. The molecule has 0 bridgehead atoms. The Hall–Kier alpha value is -1.96. The average molecular weight is 227 g/mol. The van der Waals surface area contributed by atoms with Crippen molar-refractivity contribution in [2.75, 3.05) is 5.73 Å². The van der Waals surface area contributed by atoms with Crippen molar-refractivity contribution in [2.24, 2.45) is 0 Å². The number of ether oxygens (including phenoxy) is 1. The van der Waals surface area contributed by atoms with Gasteiger partial charge in [-0.1, -0.05) is 30.3 Å². The number of nitrogens with two attached hydrogens (primary N) is 1. The normalized spacial score (nSPS) is 10.2. The van der Waals surface area contributed by atoms with Gasteiger partial charge in [0, 0.05) is 5.69 Å². The molecule has 2 aromatic carbocycles. The van der Waals surface area contributed by atoms with E-state index in [-0.39, 0.29) is 0 Å². The van der Waals surface area contributed by atoms with Crippen LogP contribution in [0.5, 0.6) is 5.75 Å². The highest BCUT2D eigenvalue weighted by Gasteiger charge is 2.05. The highest BCUT2D eigenvalue weighted by Crippen LogP contribution is 2.26. The Bertz CT molecular complexity index is 506. The fourth-order valence-electron chi connectivity index (χ4n) is 1.71. The van der Waals surface area contributed by atoms with E-state index in [4.69, 9.17) is 10.5 Å². The monoisotopic (exact) mass is 227 g/mol. The van der Waals surface area contributed by atoms with Crippen LogP contribution >= 0.6 is 0 Å². The van der Waals surface area contributed by atoms with Gasteiger partial charge >= 0.3 is 0 Å². The molecule has 0 atom stereocenters. The standard InChI is InChI=1S/C15H17NO/c1-11-12(2)15(9-8-14(11)16)17-10-13-6-4-3-5-7-13/h3-9H,10,16H2,1-2H3. The Morgan fingerprint density at radius 1 is 0.941 bits per heavy atom. The lowest BCUT2D eigenvalue weighted by Gasteiger charge is -2.12. The van der Waals surface area contributed by atoms with Crippen LogP contribution in [0.1, 0.15) is 16.7 Å². The molecule has 2 rings (SSSR count). The molecule has 0 fully saturated rings. The maximum Gasteiger partial charge on any atom is 0.123 e. The largest absolute Gasteiger partial charge is 0.489 e. The molecule has 88 valence electrons. The van der Waals surface area contributed by atoms with Gasteiger partial charge in [0.2, 0.25) is 0 Å². The number of hydrogen-bond donors (Lipinski definition) is 1. The first-order chi connectivity index (χ1) is 8.18. The van der Waals surface area contributed by atoms with Crippen LogP contribution in [-0.4, -0.2) is 0 Å². The van der Waals surface area contributed by atoms with Crippen molar-refractivity contribution in [3.05, 3.63) is 59.2 Å². The highest BCUT2D eigenvalue weighted by atomic mass is 16.5. The first kappa shape index (κ1) is 11.5. The summed E-state index contributed by atoms with van der Waals surface area (Å²) < 4.78 is 5.80. The lowest BCUT2D eigenvalue weighted by Crippen LogP contribution is -1.99. The van der Waals surface area contributed by atoms with E-state index in [0.29, 0.717) is 6.61 Å². The number of nitrogen functional groups attached to an aromatic ring is 1. The summed E-state index contributed by atoms with van der Waals surface area (Å²) in [5.41, 5.74) is 10.0. The summed E-state index contributed by atoms with van der Waals surface area (Å²) in [5.74, 6) is 0.903. The van der Waals surface area contributed by atoms with Gasteiger partial charge in [-0.2, -0.15) is 0 Å². The van der Waals surface area contributed by atoms with Crippen molar-refractivity contribution >= 4 is 5.69 Å². The van der Waals surface area contributed by atoms with Crippen LogP contribution < -0.4 is 10.5 Å². The third-order valence-corrected chi connectivity index (χ3v) is 3.02. The van der Waals surface area contributed by atoms with Crippen molar-refractivity contribution < 1.29 is 4.74 Å². The average Bonchev–Trinajstić information content (AvgIpc) is 2.36. The summed E-state index contributed by atoms with van der Waals surface area (Å²) in [4.78, 5) is 0. The quantitative estimate of drug-likeness (QED) is 0.815. The Labute approximate surface area is 102 Å². The SMILES string of the molecule is Cc1c(N)ccc(OCc2ccccc2)c1C. The Morgan fingerprint density at radius 2 is 1.65 bits per heavy atom. The van der Waals surface area contributed by atoms with E-state index >= 15 is 0 Å². The molecule has 0 unspecified atom stereocenters. The van der Waals surface area contributed by atoms with Gasteiger partial charge in [0.25, 0.3) is 0 Å². The third kappa shape index (κ3) is 2.59. The lowest BCUT2D eigenvalue weighted by molar-refractivity contribution is 0.304. The van der Waals surface area contributed by atoms with Gasteiger partial charge in [0.1, 0.15) is 12.4 Å². The van der Waals surface area contributed by atoms with Crippen molar-refractivity contribution in [1.82, 2.24) is 0 Å². The molecule has 0 aliphatic carbocycles. The smallest absolute Gasteiger partial charge is 0.123 e. The zero-order valence-electron chi connectivity index (χ0n) is 10.2. The van der Waals surface area contributed by atoms with Gasteiger partial charge in [-0.05, 0) is 42.7 Å². The molecule has 0 amide bonds. The molecule has 0 heterocycles. The molecule has 0 aromatic heterocycles.